The lowest BCUT2D eigenvalue weighted by Crippen LogP contribution is -2.43. The molecule has 0 amide bonds. The number of aryl methyl sites for hydroxylation is 2. The molecule has 10 heteroatoms. The van der Waals surface area contributed by atoms with Crippen LogP contribution in [-0.2, 0) is 19.7 Å². The first-order chi connectivity index (χ1) is 13.4. The smallest absolute Gasteiger partial charge is 0.343 e. The topological polar surface area (TPSA) is 147 Å². The predicted octanol–water partition coefficient (Wildman–Crippen LogP) is 1.04. The quantitative estimate of drug-likeness (QED) is 0.362. The van der Waals surface area contributed by atoms with Gasteiger partial charge in [-0.2, -0.15) is 8.42 Å². The molecule has 29 heavy (non-hydrogen) atoms. The van der Waals surface area contributed by atoms with Crippen molar-refractivity contribution in [1.82, 2.24) is 0 Å². The average molecular weight is 426 g/mol. The number of benzene rings is 2. The van der Waals surface area contributed by atoms with E-state index in [0.717, 1.165) is 11.1 Å². The van der Waals surface area contributed by atoms with Gasteiger partial charge in [-0.25, -0.2) is 9.59 Å². The zero-order chi connectivity index (χ0) is 22.2. The molecule has 2 rings (SSSR count). The van der Waals surface area contributed by atoms with Gasteiger partial charge in [-0.15, -0.1) is 0 Å². The molecule has 2 atom stereocenters. The van der Waals surface area contributed by atoms with Gasteiger partial charge in [-0.1, -0.05) is 35.4 Å². The molecule has 0 fully saturated rings. The molecule has 3 N–H and O–H groups in total. The molecule has 9 nitrogen and oxygen atoms in total. The van der Waals surface area contributed by atoms with E-state index < -0.39 is 34.3 Å². The van der Waals surface area contributed by atoms with Crippen molar-refractivity contribution < 1.29 is 42.2 Å². The third kappa shape index (κ3) is 9.81. The fourth-order valence-electron chi connectivity index (χ4n) is 1.82. The maximum absolute atomic E-state index is 11.8. The molecule has 0 saturated heterocycles. The van der Waals surface area contributed by atoms with Gasteiger partial charge >= 0.3 is 11.9 Å². The van der Waals surface area contributed by atoms with Gasteiger partial charge in [0.2, 0.25) is 0 Å². The van der Waals surface area contributed by atoms with E-state index in [9.17, 15) is 28.2 Å². The number of aliphatic hydroxyl groups excluding tert-OH is 2. The monoisotopic (exact) mass is 426 g/mol. The number of aliphatic hydroxyl groups is 2. The van der Waals surface area contributed by atoms with Gasteiger partial charge in [0.15, 0.2) is 12.2 Å². The number of carbonyl (C=O) groups is 2. The van der Waals surface area contributed by atoms with Crippen LogP contribution in [0.4, 0.5) is 0 Å². The number of rotatable bonds is 5. The summed E-state index contributed by atoms with van der Waals surface area (Å²) in [6, 6.07) is 13.0. The zero-order valence-corrected chi connectivity index (χ0v) is 16.8. The Morgan fingerprint density at radius 3 is 1.24 bits per heavy atom. The molecule has 2 aromatic rings. The molecule has 0 radical (unpaired) electrons. The van der Waals surface area contributed by atoms with Crippen LogP contribution in [0.25, 0.3) is 0 Å². The summed E-state index contributed by atoms with van der Waals surface area (Å²) in [5.41, 5.74) is 1.94. The molecule has 2 aromatic carbocycles. The average Bonchev–Trinajstić information content (AvgIpc) is 2.62. The molecule has 0 aliphatic heterocycles. The highest BCUT2D eigenvalue weighted by atomic mass is 32.2. The summed E-state index contributed by atoms with van der Waals surface area (Å²) in [7, 11) is -3.67. The minimum absolute atomic E-state index is 0.198. The van der Waals surface area contributed by atoms with Crippen molar-refractivity contribution in [3.8, 4) is 11.5 Å². The van der Waals surface area contributed by atoms with E-state index in [1.165, 1.54) is 24.3 Å². The Bertz CT molecular complexity index is 848. The molecule has 0 heterocycles. The highest BCUT2D eigenvalue weighted by Gasteiger charge is 2.33. The minimum Gasteiger partial charge on any atom is -0.425 e. The van der Waals surface area contributed by atoms with E-state index in [1.54, 1.807) is 24.3 Å². The first-order valence-corrected chi connectivity index (χ1v) is 10.1. The molecule has 0 aliphatic rings. The lowest BCUT2D eigenvalue weighted by molar-refractivity contribution is -0.162. The van der Waals surface area contributed by atoms with E-state index >= 15 is 0 Å². The molecular formula is C19H22O9S. The highest BCUT2D eigenvalue weighted by molar-refractivity contribution is 7.85. The van der Waals surface area contributed by atoms with Crippen molar-refractivity contribution in [3.05, 3.63) is 59.7 Å². The van der Waals surface area contributed by atoms with Crippen LogP contribution >= 0.6 is 0 Å². The molecule has 0 aliphatic carbocycles. The summed E-state index contributed by atoms with van der Waals surface area (Å²) in [5, 5.41) is 19.5. The second-order valence-corrected chi connectivity index (χ2v) is 7.56. The highest BCUT2D eigenvalue weighted by Crippen LogP contribution is 2.15. The zero-order valence-electron chi connectivity index (χ0n) is 16.0. The van der Waals surface area contributed by atoms with Crippen molar-refractivity contribution in [2.45, 2.75) is 26.1 Å². The molecule has 0 bridgehead atoms. The molecule has 158 valence electrons. The lowest BCUT2D eigenvalue weighted by Gasteiger charge is -2.15. The first kappa shape index (κ1) is 24.2. The van der Waals surface area contributed by atoms with Gasteiger partial charge < -0.3 is 19.7 Å². The van der Waals surface area contributed by atoms with Gasteiger partial charge in [0.05, 0.1) is 6.26 Å². The molecular weight excluding hydrogens is 404 g/mol. The van der Waals surface area contributed by atoms with E-state index in [2.05, 4.69) is 0 Å². The normalized spacial score (nSPS) is 12.8. The second-order valence-electron chi connectivity index (χ2n) is 6.09. The van der Waals surface area contributed by atoms with Crippen LogP contribution in [0.3, 0.4) is 0 Å². The number of carbonyl (C=O) groups excluding carboxylic acids is 2. The number of ether oxygens (including phenoxy) is 2. The van der Waals surface area contributed by atoms with Crippen LogP contribution in [0.15, 0.2) is 48.5 Å². The summed E-state index contributed by atoms with van der Waals surface area (Å²) in [6.07, 6.45) is -3.39. The Labute approximate surface area is 168 Å². The minimum atomic E-state index is -3.67. The summed E-state index contributed by atoms with van der Waals surface area (Å²) >= 11 is 0. The Balaban J connectivity index is 0.000000749. The van der Waals surface area contributed by atoms with Gasteiger partial charge in [0.1, 0.15) is 11.5 Å². The van der Waals surface area contributed by atoms with Crippen molar-refractivity contribution in [1.29, 1.82) is 0 Å². The van der Waals surface area contributed by atoms with Gasteiger partial charge in [-0.3, -0.25) is 4.55 Å². The van der Waals surface area contributed by atoms with Crippen LogP contribution < -0.4 is 9.47 Å². The summed E-state index contributed by atoms with van der Waals surface area (Å²) in [5.74, 6) is -1.90. The van der Waals surface area contributed by atoms with Crippen LogP contribution in [0.1, 0.15) is 11.1 Å². The maximum Gasteiger partial charge on any atom is 0.343 e. The largest absolute Gasteiger partial charge is 0.425 e. The lowest BCUT2D eigenvalue weighted by atomic mass is 10.2. The van der Waals surface area contributed by atoms with Crippen LogP contribution in [-0.4, -0.2) is 53.6 Å². The van der Waals surface area contributed by atoms with Gasteiger partial charge in [-0.05, 0) is 38.1 Å². The number of hydrogen-bond donors (Lipinski definition) is 3. The first-order valence-electron chi connectivity index (χ1n) is 8.22. The SMILES string of the molecule is CS(=O)(=O)O.Cc1ccc(OC(=O)C(O)C(O)C(=O)Oc2ccc(C)cc2)cc1. The predicted molar refractivity (Wildman–Crippen MR) is 103 cm³/mol. The van der Waals surface area contributed by atoms with Crippen molar-refractivity contribution >= 4 is 22.1 Å². The maximum atomic E-state index is 11.8. The van der Waals surface area contributed by atoms with Crippen LogP contribution in [0, 0.1) is 13.8 Å². The van der Waals surface area contributed by atoms with Crippen molar-refractivity contribution in [2.24, 2.45) is 0 Å². The Morgan fingerprint density at radius 2 is 1.00 bits per heavy atom. The summed E-state index contributed by atoms with van der Waals surface area (Å²) in [6.45, 7) is 3.73. The van der Waals surface area contributed by atoms with E-state index in [-0.39, 0.29) is 11.5 Å². The summed E-state index contributed by atoms with van der Waals surface area (Å²) in [4.78, 5) is 23.6. The van der Waals surface area contributed by atoms with E-state index in [1.807, 2.05) is 13.8 Å². The van der Waals surface area contributed by atoms with Crippen LogP contribution in [0.5, 0.6) is 11.5 Å². The van der Waals surface area contributed by atoms with Gasteiger partial charge in [0, 0.05) is 0 Å². The van der Waals surface area contributed by atoms with E-state index in [4.69, 9.17) is 14.0 Å². The van der Waals surface area contributed by atoms with Crippen molar-refractivity contribution in [2.75, 3.05) is 6.26 Å². The summed E-state index contributed by atoms with van der Waals surface area (Å²) < 4.78 is 35.7. The van der Waals surface area contributed by atoms with E-state index in [0.29, 0.717) is 6.26 Å². The standard InChI is InChI=1S/C18H18O6.CH4O3S/c1-11-3-7-13(8-4-11)23-17(21)15(19)16(20)18(22)24-14-9-5-12(2)6-10-14;1-5(2,3)4/h3-10,15-16,19-20H,1-2H3;1H3,(H,2,3,4). The molecule has 0 spiro atoms. The fourth-order valence-corrected chi connectivity index (χ4v) is 1.82. The fraction of sp³-hybridized carbons (Fsp3) is 0.263. The Hall–Kier alpha value is -2.79. The third-order valence-electron chi connectivity index (χ3n) is 3.26. The second kappa shape index (κ2) is 10.7. The molecule has 2 unspecified atom stereocenters. The Kier molecular flexibility index (Phi) is 8.92. The van der Waals surface area contributed by atoms with Crippen LogP contribution in [0.2, 0.25) is 0 Å². The Morgan fingerprint density at radius 1 is 0.759 bits per heavy atom. The van der Waals surface area contributed by atoms with Gasteiger partial charge in [0.25, 0.3) is 10.1 Å². The molecule has 0 aromatic heterocycles. The molecule has 0 saturated carbocycles. The van der Waals surface area contributed by atoms with Crippen molar-refractivity contribution in [3.63, 3.8) is 0 Å². The number of esters is 2. The third-order valence-corrected chi connectivity index (χ3v) is 3.26. The number of hydrogen-bond acceptors (Lipinski definition) is 8.